The summed E-state index contributed by atoms with van der Waals surface area (Å²) in [5.41, 5.74) is 1.53. The summed E-state index contributed by atoms with van der Waals surface area (Å²) < 4.78 is 4.91. The predicted molar refractivity (Wildman–Crippen MR) is 87.3 cm³/mol. The van der Waals surface area contributed by atoms with Crippen molar-refractivity contribution < 1.29 is 14.3 Å². The van der Waals surface area contributed by atoms with Gasteiger partial charge in [-0.05, 0) is 50.0 Å². The normalized spacial score (nSPS) is 26.2. The molecule has 120 valence electrons. The van der Waals surface area contributed by atoms with Gasteiger partial charge in [0.1, 0.15) is 5.00 Å². The van der Waals surface area contributed by atoms with Gasteiger partial charge in [0, 0.05) is 10.8 Å². The smallest absolute Gasteiger partial charge is 0.341 e. The van der Waals surface area contributed by atoms with Gasteiger partial charge in [-0.15, -0.1) is 11.3 Å². The van der Waals surface area contributed by atoms with E-state index in [4.69, 9.17) is 4.74 Å². The second-order valence-corrected chi connectivity index (χ2v) is 7.68. The van der Waals surface area contributed by atoms with Crippen LogP contribution in [0.4, 0.5) is 5.00 Å². The summed E-state index contributed by atoms with van der Waals surface area (Å²) >= 11 is 1.48. The number of fused-ring (bicyclic) bond motifs is 2. The van der Waals surface area contributed by atoms with E-state index in [0.717, 1.165) is 29.2 Å². The highest BCUT2D eigenvalue weighted by molar-refractivity contribution is 7.16. The van der Waals surface area contributed by atoms with Crippen LogP contribution in [-0.4, -0.2) is 19.0 Å². The number of anilines is 1. The molecule has 3 rings (SSSR count). The Morgan fingerprint density at radius 1 is 1.32 bits per heavy atom. The Morgan fingerprint density at radius 3 is 2.64 bits per heavy atom. The van der Waals surface area contributed by atoms with E-state index in [1.807, 2.05) is 13.8 Å². The van der Waals surface area contributed by atoms with E-state index < -0.39 is 0 Å². The Kier molecular flexibility index (Phi) is 4.26. The largest absolute Gasteiger partial charge is 0.465 e. The van der Waals surface area contributed by atoms with E-state index in [0.29, 0.717) is 16.5 Å². The lowest BCUT2D eigenvalue weighted by Gasteiger charge is -2.20. The maximum Gasteiger partial charge on any atom is 0.341 e. The number of carbonyl (C=O) groups excluding carboxylic acids is 2. The van der Waals surface area contributed by atoms with Crippen LogP contribution in [0, 0.1) is 24.7 Å². The van der Waals surface area contributed by atoms with Gasteiger partial charge in [-0.3, -0.25) is 4.79 Å². The minimum atomic E-state index is -0.357. The van der Waals surface area contributed by atoms with Crippen molar-refractivity contribution in [2.75, 3.05) is 12.4 Å². The number of ether oxygens (including phenoxy) is 1. The van der Waals surface area contributed by atoms with Crippen molar-refractivity contribution in [3.05, 3.63) is 16.0 Å². The molecule has 0 unspecified atom stereocenters. The van der Waals surface area contributed by atoms with Crippen molar-refractivity contribution in [3.63, 3.8) is 0 Å². The number of thiophene rings is 1. The summed E-state index contributed by atoms with van der Waals surface area (Å²) in [4.78, 5) is 25.8. The fraction of sp³-hybridized carbons (Fsp3) is 0.647. The van der Waals surface area contributed by atoms with Crippen LogP contribution in [0.25, 0.3) is 0 Å². The van der Waals surface area contributed by atoms with Crippen LogP contribution in [0.3, 0.4) is 0 Å². The van der Waals surface area contributed by atoms with Gasteiger partial charge in [-0.1, -0.05) is 13.3 Å². The van der Waals surface area contributed by atoms with Crippen LogP contribution >= 0.6 is 11.3 Å². The lowest BCUT2D eigenvalue weighted by Crippen LogP contribution is -2.27. The van der Waals surface area contributed by atoms with E-state index in [-0.39, 0.29) is 17.8 Å². The number of rotatable bonds is 4. The number of carbonyl (C=O) groups is 2. The molecule has 5 heteroatoms. The summed E-state index contributed by atoms with van der Waals surface area (Å²) in [6, 6.07) is 0. The zero-order valence-electron chi connectivity index (χ0n) is 13.4. The molecule has 2 aliphatic rings. The molecule has 1 aromatic heterocycles. The highest BCUT2D eigenvalue weighted by Gasteiger charge is 2.43. The maximum absolute atomic E-state index is 12.6. The summed E-state index contributed by atoms with van der Waals surface area (Å²) in [7, 11) is 1.39. The van der Waals surface area contributed by atoms with Gasteiger partial charge in [-0.2, -0.15) is 0 Å². The number of esters is 1. The standard InChI is InChI=1S/C17H23NO3S/c1-4-12-9(2)22-16(14(12)17(20)21-3)18-15(19)13-8-10-5-6-11(13)7-10/h10-11,13H,4-8H2,1-3H3,(H,18,19)/t10-,11-,13+/m0/s1. The van der Waals surface area contributed by atoms with Crippen LogP contribution in [0.1, 0.15) is 53.4 Å². The van der Waals surface area contributed by atoms with Crippen LogP contribution in [0.2, 0.25) is 0 Å². The zero-order chi connectivity index (χ0) is 15.9. The van der Waals surface area contributed by atoms with E-state index in [9.17, 15) is 9.59 Å². The highest BCUT2D eigenvalue weighted by atomic mass is 32.1. The van der Waals surface area contributed by atoms with E-state index in [1.54, 1.807) is 0 Å². The number of hydrogen-bond acceptors (Lipinski definition) is 4. The van der Waals surface area contributed by atoms with Crippen LogP contribution in [-0.2, 0) is 16.0 Å². The van der Waals surface area contributed by atoms with Crippen LogP contribution in [0.5, 0.6) is 0 Å². The lowest BCUT2D eigenvalue weighted by molar-refractivity contribution is -0.121. The fourth-order valence-electron chi connectivity index (χ4n) is 4.18. The Balaban J connectivity index is 1.82. The summed E-state index contributed by atoms with van der Waals surface area (Å²) in [5, 5.41) is 3.69. The molecular weight excluding hydrogens is 298 g/mol. The molecular formula is C17H23NO3S. The Hall–Kier alpha value is -1.36. The summed E-state index contributed by atoms with van der Waals surface area (Å²) in [6.45, 7) is 4.01. The van der Waals surface area contributed by atoms with Gasteiger partial charge in [0.25, 0.3) is 0 Å². The van der Waals surface area contributed by atoms with Crippen molar-refractivity contribution in [2.24, 2.45) is 17.8 Å². The van der Waals surface area contributed by atoms with Crippen molar-refractivity contribution in [3.8, 4) is 0 Å². The van der Waals surface area contributed by atoms with E-state index in [2.05, 4.69) is 5.32 Å². The third-order valence-corrected chi connectivity index (χ3v) is 6.33. The third kappa shape index (κ3) is 2.56. The fourth-order valence-corrected chi connectivity index (χ4v) is 5.32. The molecule has 3 atom stereocenters. The number of hydrogen-bond donors (Lipinski definition) is 1. The van der Waals surface area contributed by atoms with Crippen molar-refractivity contribution in [1.29, 1.82) is 0 Å². The molecule has 2 fully saturated rings. The average Bonchev–Trinajstić information content (AvgIpc) is 3.20. The van der Waals surface area contributed by atoms with Gasteiger partial charge in [-0.25, -0.2) is 4.79 Å². The quantitative estimate of drug-likeness (QED) is 0.859. The molecule has 0 spiro atoms. The minimum absolute atomic E-state index is 0.0845. The topological polar surface area (TPSA) is 55.4 Å². The molecule has 1 aromatic rings. The predicted octanol–water partition coefficient (Wildman–Crippen LogP) is 3.78. The molecule has 1 amide bonds. The molecule has 0 aliphatic heterocycles. The third-order valence-electron chi connectivity index (χ3n) is 5.26. The Labute approximate surface area is 135 Å². The van der Waals surface area contributed by atoms with E-state index >= 15 is 0 Å². The Morgan fingerprint density at radius 2 is 2.09 bits per heavy atom. The second kappa shape index (κ2) is 6.03. The molecule has 2 saturated carbocycles. The molecule has 2 bridgehead atoms. The van der Waals surface area contributed by atoms with Crippen molar-refractivity contribution in [2.45, 2.75) is 46.0 Å². The first-order valence-corrected chi connectivity index (χ1v) is 8.88. The lowest BCUT2D eigenvalue weighted by atomic mass is 9.88. The monoisotopic (exact) mass is 321 g/mol. The first-order chi connectivity index (χ1) is 10.5. The van der Waals surface area contributed by atoms with Gasteiger partial charge in [0.05, 0.1) is 12.7 Å². The SMILES string of the molecule is CCc1c(C)sc(NC(=O)[C@@H]2C[C@H]3CC[C@H]2C3)c1C(=O)OC. The maximum atomic E-state index is 12.6. The Bertz CT molecular complexity index is 607. The second-order valence-electron chi connectivity index (χ2n) is 6.46. The molecule has 2 aliphatic carbocycles. The van der Waals surface area contributed by atoms with E-state index in [1.165, 1.54) is 37.7 Å². The van der Waals surface area contributed by atoms with Crippen molar-refractivity contribution in [1.82, 2.24) is 0 Å². The van der Waals surface area contributed by atoms with Gasteiger partial charge in [0.2, 0.25) is 5.91 Å². The van der Waals surface area contributed by atoms with Gasteiger partial charge in [0.15, 0.2) is 0 Å². The molecule has 0 radical (unpaired) electrons. The molecule has 22 heavy (non-hydrogen) atoms. The van der Waals surface area contributed by atoms with Crippen molar-refractivity contribution >= 4 is 28.2 Å². The molecule has 4 nitrogen and oxygen atoms in total. The number of methoxy groups -OCH3 is 1. The van der Waals surface area contributed by atoms with Crippen LogP contribution < -0.4 is 5.32 Å². The summed E-state index contributed by atoms with van der Waals surface area (Å²) in [5.74, 6) is 1.12. The van der Waals surface area contributed by atoms with Gasteiger partial charge < -0.3 is 10.1 Å². The minimum Gasteiger partial charge on any atom is -0.465 e. The van der Waals surface area contributed by atoms with Gasteiger partial charge >= 0.3 is 5.97 Å². The molecule has 0 aromatic carbocycles. The molecule has 0 saturated heterocycles. The number of amides is 1. The first-order valence-electron chi connectivity index (χ1n) is 8.06. The zero-order valence-corrected chi connectivity index (χ0v) is 14.2. The molecule has 1 heterocycles. The number of nitrogens with one attached hydrogen (secondary N) is 1. The van der Waals surface area contributed by atoms with Crippen LogP contribution in [0.15, 0.2) is 0 Å². The highest BCUT2D eigenvalue weighted by Crippen LogP contribution is 2.49. The molecule has 1 N–H and O–H groups in total. The first kappa shape index (κ1) is 15.5. The summed E-state index contributed by atoms with van der Waals surface area (Å²) in [6.07, 6.45) is 5.42. The average molecular weight is 321 g/mol. The number of aryl methyl sites for hydroxylation is 1.